The molecule has 0 saturated heterocycles. The zero-order chi connectivity index (χ0) is 18.3. The van der Waals surface area contributed by atoms with Crippen LogP contribution in [0.2, 0.25) is 0 Å². The van der Waals surface area contributed by atoms with Gasteiger partial charge in [-0.15, -0.1) is 0 Å². The summed E-state index contributed by atoms with van der Waals surface area (Å²) < 4.78 is 0. The van der Waals surface area contributed by atoms with Crippen LogP contribution in [0.1, 0.15) is 15.9 Å². The van der Waals surface area contributed by atoms with Gasteiger partial charge in [0.25, 0.3) is 0 Å². The summed E-state index contributed by atoms with van der Waals surface area (Å²) in [5, 5.41) is 19.4. The summed E-state index contributed by atoms with van der Waals surface area (Å²) in [6, 6.07) is 18.3. The normalized spacial score (nSPS) is 11.0. The van der Waals surface area contributed by atoms with Gasteiger partial charge >= 0.3 is 5.97 Å². The monoisotopic (exact) mass is 344 g/mol. The number of aromatic carboxylic acids is 1. The van der Waals surface area contributed by atoms with E-state index in [-0.39, 0.29) is 11.3 Å². The highest BCUT2D eigenvalue weighted by Crippen LogP contribution is 2.31. The lowest BCUT2D eigenvalue weighted by Crippen LogP contribution is -1.98. The molecule has 128 valence electrons. The van der Waals surface area contributed by atoms with Crippen LogP contribution < -0.4 is 0 Å². The second-order valence-corrected chi connectivity index (χ2v) is 6.19. The molecule has 1 heterocycles. The number of phenolic OH excluding ortho intramolecular Hbond substituents is 1. The molecule has 0 bridgehead atoms. The SMILES string of the molecule is Cc1cc(C(=O)O)c2nc(-c3ccc(-c4ccccc4O)cc3)[nH]c2c1. The highest BCUT2D eigenvalue weighted by atomic mass is 16.4. The van der Waals surface area contributed by atoms with E-state index in [0.717, 1.165) is 22.3 Å². The summed E-state index contributed by atoms with van der Waals surface area (Å²) in [6.45, 7) is 1.85. The Hall–Kier alpha value is -3.60. The van der Waals surface area contributed by atoms with Crippen LogP contribution in [-0.4, -0.2) is 26.2 Å². The molecule has 5 nitrogen and oxygen atoms in total. The van der Waals surface area contributed by atoms with Crippen molar-refractivity contribution in [3.8, 4) is 28.3 Å². The molecule has 0 saturated carbocycles. The molecule has 3 N–H and O–H groups in total. The van der Waals surface area contributed by atoms with Crippen LogP contribution in [0.3, 0.4) is 0 Å². The molecule has 0 aliphatic heterocycles. The third kappa shape index (κ3) is 2.69. The number of H-pyrrole nitrogens is 1. The summed E-state index contributed by atoms with van der Waals surface area (Å²) in [5.74, 6) is -0.158. The third-order valence-electron chi connectivity index (χ3n) is 4.33. The Balaban J connectivity index is 1.78. The molecular formula is C21H16N2O3. The Morgan fingerprint density at radius 3 is 2.38 bits per heavy atom. The number of benzene rings is 3. The van der Waals surface area contributed by atoms with Gasteiger partial charge in [0.15, 0.2) is 0 Å². The molecule has 0 spiro atoms. The second kappa shape index (κ2) is 6.04. The second-order valence-electron chi connectivity index (χ2n) is 6.19. The number of fused-ring (bicyclic) bond motifs is 1. The molecule has 0 atom stereocenters. The molecule has 0 aliphatic carbocycles. The lowest BCUT2D eigenvalue weighted by Gasteiger charge is -2.05. The summed E-state index contributed by atoms with van der Waals surface area (Å²) in [6.07, 6.45) is 0. The van der Waals surface area contributed by atoms with Crippen molar-refractivity contribution >= 4 is 17.0 Å². The smallest absolute Gasteiger partial charge is 0.337 e. The number of phenols is 1. The average Bonchev–Trinajstić information content (AvgIpc) is 3.05. The number of carboxylic acid groups (broad SMARTS) is 1. The highest BCUT2D eigenvalue weighted by Gasteiger charge is 2.15. The highest BCUT2D eigenvalue weighted by molar-refractivity contribution is 6.02. The minimum Gasteiger partial charge on any atom is -0.507 e. The standard InChI is InChI=1S/C21H16N2O3/c1-12-10-16(21(25)26)19-17(11-12)22-20(23-19)14-8-6-13(7-9-14)15-4-2-3-5-18(15)24/h2-11,24H,1H3,(H,22,23)(H,25,26). The van der Waals surface area contributed by atoms with E-state index in [4.69, 9.17) is 0 Å². The maximum Gasteiger partial charge on any atom is 0.337 e. The van der Waals surface area contributed by atoms with Crippen molar-refractivity contribution in [2.75, 3.05) is 0 Å². The Morgan fingerprint density at radius 1 is 1.00 bits per heavy atom. The molecular weight excluding hydrogens is 328 g/mol. The molecule has 4 aromatic rings. The van der Waals surface area contributed by atoms with Gasteiger partial charge in [-0.2, -0.15) is 0 Å². The first-order valence-electron chi connectivity index (χ1n) is 8.15. The van der Waals surface area contributed by atoms with Crippen molar-refractivity contribution in [2.45, 2.75) is 6.92 Å². The zero-order valence-electron chi connectivity index (χ0n) is 14.0. The maximum atomic E-state index is 11.5. The molecule has 5 heteroatoms. The summed E-state index contributed by atoms with van der Waals surface area (Å²) in [5.41, 5.74) is 4.69. The van der Waals surface area contributed by atoms with Crippen LogP contribution in [0, 0.1) is 6.92 Å². The van der Waals surface area contributed by atoms with Crippen LogP contribution >= 0.6 is 0 Å². The van der Waals surface area contributed by atoms with Gasteiger partial charge in [-0.05, 0) is 36.2 Å². The fourth-order valence-electron chi connectivity index (χ4n) is 3.09. The lowest BCUT2D eigenvalue weighted by molar-refractivity contribution is 0.0698. The molecule has 0 amide bonds. The van der Waals surface area contributed by atoms with Crippen molar-refractivity contribution in [1.82, 2.24) is 9.97 Å². The topological polar surface area (TPSA) is 86.2 Å². The number of hydrogen-bond donors (Lipinski definition) is 3. The number of nitrogens with one attached hydrogen (secondary N) is 1. The first-order valence-corrected chi connectivity index (χ1v) is 8.15. The number of imidazole rings is 1. The van der Waals surface area contributed by atoms with Gasteiger partial charge in [0.1, 0.15) is 17.1 Å². The number of aromatic nitrogens is 2. The van der Waals surface area contributed by atoms with E-state index >= 15 is 0 Å². The average molecular weight is 344 g/mol. The fourth-order valence-corrected chi connectivity index (χ4v) is 3.09. The minimum atomic E-state index is -0.994. The van der Waals surface area contributed by atoms with Crippen LogP contribution in [0.4, 0.5) is 0 Å². The number of carboxylic acids is 1. The van der Waals surface area contributed by atoms with Crippen molar-refractivity contribution in [3.63, 3.8) is 0 Å². The van der Waals surface area contributed by atoms with Gasteiger partial charge in [0.2, 0.25) is 0 Å². The first kappa shape index (κ1) is 15.9. The molecule has 4 rings (SSSR count). The van der Waals surface area contributed by atoms with Gasteiger partial charge in [-0.3, -0.25) is 0 Å². The number of para-hydroxylation sites is 1. The largest absolute Gasteiger partial charge is 0.507 e. The van der Waals surface area contributed by atoms with Crippen molar-refractivity contribution in [3.05, 3.63) is 71.8 Å². The van der Waals surface area contributed by atoms with E-state index in [1.807, 2.05) is 49.4 Å². The van der Waals surface area contributed by atoms with E-state index < -0.39 is 5.97 Å². The number of aromatic hydroxyl groups is 1. The van der Waals surface area contributed by atoms with Crippen molar-refractivity contribution < 1.29 is 15.0 Å². The molecule has 0 aliphatic rings. The Bertz CT molecular complexity index is 1130. The quantitative estimate of drug-likeness (QED) is 0.506. The number of nitrogens with zero attached hydrogens (tertiary/aromatic N) is 1. The van der Waals surface area contributed by atoms with E-state index in [0.29, 0.717) is 16.9 Å². The van der Waals surface area contributed by atoms with Crippen LogP contribution in [-0.2, 0) is 0 Å². The Morgan fingerprint density at radius 2 is 1.69 bits per heavy atom. The van der Waals surface area contributed by atoms with Crippen molar-refractivity contribution in [1.29, 1.82) is 0 Å². The van der Waals surface area contributed by atoms with Crippen molar-refractivity contribution in [2.24, 2.45) is 0 Å². The van der Waals surface area contributed by atoms with Gasteiger partial charge < -0.3 is 15.2 Å². The minimum absolute atomic E-state index is 0.188. The maximum absolute atomic E-state index is 11.5. The number of carbonyl (C=O) groups is 1. The van der Waals surface area contributed by atoms with E-state index in [9.17, 15) is 15.0 Å². The van der Waals surface area contributed by atoms with Gasteiger partial charge in [0.05, 0.1) is 11.1 Å². The number of aromatic amines is 1. The molecule has 3 aromatic carbocycles. The van der Waals surface area contributed by atoms with E-state index in [2.05, 4.69) is 9.97 Å². The first-order chi connectivity index (χ1) is 12.5. The number of rotatable bonds is 3. The summed E-state index contributed by atoms with van der Waals surface area (Å²) in [4.78, 5) is 19.1. The molecule has 26 heavy (non-hydrogen) atoms. The molecule has 0 unspecified atom stereocenters. The van der Waals surface area contributed by atoms with Gasteiger partial charge in [-0.25, -0.2) is 9.78 Å². The summed E-state index contributed by atoms with van der Waals surface area (Å²) in [7, 11) is 0. The van der Waals surface area contributed by atoms with E-state index in [1.54, 1.807) is 18.2 Å². The molecule has 1 aromatic heterocycles. The predicted molar refractivity (Wildman–Crippen MR) is 100 cm³/mol. The van der Waals surface area contributed by atoms with Crippen LogP contribution in [0.15, 0.2) is 60.7 Å². The molecule has 0 fully saturated rings. The summed E-state index contributed by atoms with van der Waals surface area (Å²) >= 11 is 0. The Kier molecular flexibility index (Phi) is 3.69. The van der Waals surface area contributed by atoms with Gasteiger partial charge in [0, 0.05) is 11.1 Å². The molecule has 0 radical (unpaired) electrons. The van der Waals surface area contributed by atoms with Crippen LogP contribution in [0.25, 0.3) is 33.5 Å². The lowest BCUT2D eigenvalue weighted by atomic mass is 10.0. The van der Waals surface area contributed by atoms with Crippen LogP contribution in [0.5, 0.6) is 5.75 Å². The predicted octanol–water partition coefficient (Wildman–Crippen LogP) is 4.61. The third-order valence-corrected chi connectivity index (χ3v) is 4.33. The number of hydrogen-bond acceptors (Lipinski definition) is 3. The zero-order valence-corrected chi connectivity index (χ0v) is 14.0. The van der Waals surface area contributed by atoms with Gasteiger partial charge in [-0.1, -0.05) is 42.5 Å². The fraction of sp³-hybridized carbons (Fsp3) is 0.0476. The Labute approximate surface area is 149 Å². The van der Waals surface area contributed by atoms with E-state index in [1.165, 1.54) is 0 Å². The number of aryl methyl sites for hydroxylation is 1.